The van der Waals surface area contributed by atoms with E-state index in [2.05, 4.69) is 45.8 Å². The van der Waals surface area contributed by atoms with E-state index < -0.39 is 34.2 Å². The van der Waals surface area contributed by atoms with Gasteiger partial charge in [-0.1, -0.05) is 6.42 Å². The molecule has 0 bridgehead atoms. The maximum Gasteiger partial charge on any atom is 0.317 e. The van der Waals surface area contributed by atoms with E-state index in [4.69, 9.17) is 22.2 Å². The van der Waals surface area contributed by atoms with Gasteiger partial charge in [-0.15, -0.1) is 0 Å². The van der Waals surface area contributed by atoms with E-state index in [-0.39, 0.29) is 0 Å². The Labute approximate surface area is 128 Å². The van der Waals surface area contributed by atoms with E-state index in [1.54, 1.807) is 0 Å². The van der Waals surface area contributed by atoms with Crippen molar-refractivity contribution >= 4 is 34.2 Å². The molecule has 9 heteroatoms. The number of hydrogen-bond acceptors (Lipinski definition) is 5. The lowest BCUT2D eigenvalue weighted by Gasteiger charge is -2.47. The van der Waals surface area contributed by atoms with Crippen LogP contribution in [0, 0.1) is 0 Å². The minimum Gasteiger partial charge on any atom is -0.416 e. The lowest BCUT2D eigenvalue weighted by Crippen LogP contribution is -2.65. The molecule has 1 saturated heterocycles. The van der Waals surface area contributed by atoms with Crippen molar-refractivity contribution < 1.29 is 16.5 Å². The zero-order chi connectivity index (χ0) is 15.7. The summed E-state index contributed by atoms with van der Waals surface area (Å²) in [5, 5.41) is 0. The molecule has 1 rings (SSSR count). The second kappa shape index (κ2) is 6.42. The van der Waals surface area contributed by atoms with Gasteiger partial charge in [0.1, 0.15) is 0 Å². The summed E-state index contributed by atoms with van der Waals surface area (Å²) in [4.78, 5) is 0. The zero-order valence-electron chi connectivity index (χ0n) is 14.0. The highest BCUT2D eigenvalue weighted by Crippen LogP contribution is 2.33. The van der Waals surface area contributed by atoms with E-state index in [9.17, 15) is 0 Å². The summed E-state index contributed by atoms with van der Waals surface area (Å²) in [7, 11) is -8.82. The molecule has 0 aromatic heterocycles. The molecule has 1 aliphatic heterocycles. The Bertz CT molecular complexity index is 316. The van der Waals surface area contributed by atoms with Gasteiger partial charge in [0, 0.05) is 0 Å². The van der Waals surface area contributed by atoms with Crippen molar-refractivity contribution in [3.05, 3.63) is 0 Å². The first-order valence-corrected chi connectivity index (χ1v) is 18.4. The third-order valence-corrected chi connectivity index (χ3v) is 19.5. The number of rotatable bonds is 4. The fourth-order valence-electron chi connectivity index (χ4n) is 3.00. The third kappa shape index (κ3) is 6.20. The van der Waals surface area contributed by atoms with Crippen molar-refractivity contribution in [2.24, 2.45) is 5.73 Å². The molecule has 0 aromatic carbocycles. The van der Waals surface area contributed by atoms with Gasteiger partial charge >= 0.3 is 34.2 Å². The normalized spacial score (nSPS) is 27.6. The van der Waals surface area contributed by atoms with Gasteiger partial charge in [-0.2, -0.15) is 0 Å². The molecule has 0 spiro atoms. The molecule has 1 heterocycles. The molecular formula is C11H31NO4Si4. The van der Waals surface area contributed by atoms with Crippen molar-refractivity contribution in [3.63, 3.8) is 0 Å². The number of nitrogens with two attached hydrogens (primary N) is 1. The zero-order valence-corrected chi connectivity index (χ0v) is 18.0. The largest absolute Gasteiger partial charge is 0.416 e. The number of hydrogen-bond donors (Lipinski definition) is 1. The highest BCUT2D eigenvalue weighted by molar-refractivity contribution is 6.93. The maximum atomic E-state index is 6.47. The average molecular weight is 354 g/mol. The molecule has 1 aliphatic rings. The smallest absolute Gasteiger partial charge is 0.317 e. The van der Waals surface area contributed by atoms with E-state index >= 15 is 0 Å². The summed E-state index contributed by atoms with van der Waals surface area (Å²) in [6, 6.07) is 0.964. The van der Waals surface area contributed by atoms with Crippen LogP contribution in [-0.4, -0.2) is 40.8 Å². The van der Waals surface area contributed by atoms with Crippen LogP contribution in [0.4, 0.5) is 0 Å². The molecule has 0 unspecified atom stereocenters. The first kappa shape index (κ1) is 18.7. The van der Waals surface area contributed by atoms with Crippen molar-refractivity contribution in [1.82, 2.24) is 0 Å². The fraction of sp³-hybridized carbons (Fsp3) is 1.00. The Morgan fingerprint density at radius 3 is 1.45 bits per heavy atom. The standard InChI is InChI=1S/C11H31NO4Si4/c1-17(2)13-18(3,4)15-20(7,11-9-8-10-12)16-19(5,6)14-17/h8-12H2,1-7H3. The molecule has 0 amide bonds. The molecule has 0 aliphatic carbocycles. The van der Waals surface area contributed by atoms with Gasteiger partial charge in [-0.05, 0) is 64.8 Å². The van der Waals surface area contributed by atoms with Crippen LogP contribution >= 0.6 is 0 Å². The second-order valence-electron chi connectivity index (χ2n) is 6.99. The Hall–Kier alpha value is 0.668. The summed E-state index contributed by atoms with van der Waals surface area (Å²) in [6.45, 7) is 15.4. The minimum atomic E-state index is -2.25. The Morgan fingerprint density at radius 1 is 0.650 bits per heavy atom. The highest BCUT2D eigenvalue weighted by Gasteiger charge is 2.51. The van der Waals surface area contributed by atoms with Crippen LogP contribution in [0.2, 0.25) is 51.9 Å². The molecule has 0 saturated carbocycles. The summed E-state index contributed by atoms with van der Waals surface area (Å²) in [6.07, 6.45) is 2.07. The molecule has 0 aromatic rings. The van der Waals surface area contributed by atoms with Crippen LogP contribution < -0.4 is 5.73 Å². The van der Waals surface area contributed by atoms with Crippen LogP contribution in [-0.2, 0) is 16.5 Å². The second-order valence-corrected chi connectivity index (χ2v) is 21.4. The van der Waals surface area contributed by atoms with Crippen LogP contribution in [0.25, 0.3) is 0 Å². The van der Waals surface area contributed by atoms with Gasteiger partial charge in [-0.25, -0.2) is 0 Å². The summed E-state index contributed by atoms with van der Waals surface area (Å²) in [5.41, 5.74) is 5.59. The van der Waals surface area contributed by atoms with Crippen molar-refractivity contribution in [2.45, 2.75) is 64.7 Å². The molecule has 0 atom stereocenters. The van der Waals surface area contributed by atoms with Gasteiger partial charge in [0.15, 0.2) is 0 Å². The van der Waals surface area contributed by atoms with Crippen LogP contribution in [0.15, 0.2) is 0 Å². The minimum absolute atomic E-state index is 0.721. The topological polar surface area (TPSA) is 62.9 Å². The fourth-order valence-corrected chi connectivity index (χ4v) is 24.7. The lowest BCUT2D eigenvalue weighted by atomic mass is 10.3. The maximum absolute atomic E-state index is 6.47. The number of unbranched alkanes of at least 4 members (excludes halogenated alkanes) is 1. The van der Waals surface area contributed by atoms with E-state index in [1.165, 1.54) is 0 Å². The van der Waals surface area contributed by atoms with Crippen molar-refractivity contribution in [3.8, 4) is 0 Å². The Kier molecular flexibility index (Phi) is 6.01. The molecule has 2 N–H and O–H groups in total. The quantitative estimate of drug-likeness (QED) is 0.622. The molecule has 0 radical (unpaired) electrons. The van der Waals surface area contributed by atoms with E-state index in [0.29, 0.717) is 0 Å². The van der Waals surface area contributed by atoms with Crippen molar-refractivity contribution in [2.75, 3.05) is 6.54 Å². The highest BCUT2D eigenvalue weighted by atomic mass is 28.5. The van der Waals surface area contributed by atoms with Crippen molar-refractivity contribution in [1.29, 1.82) is 0 Å². The SMILES string of the molecule is C[Si]1(C)O[Si](C)(C)O[Si](C)(CCCCN)O[Si](C)(C)O1. The van der Waals surface area contributed by atoms with Gasteiger partial charge in [-0.3, -0.25) is 0 Å². The predicted octanol–water partition coefficient (Wildman–Crippen LogP) is 2.98. The predicted molar refractivity (Wildman–Crippen MR) is 91.5 cm³/mol. The third-order valence-electron chi connectivity index (χ3n) is 2.99. The molecular weight excluding hydrogens is 322 g/mol. The monoisotopic (exact) mass is 353 g/mol. The lowest BCUT2D eigenvalue weighted by molar-refractivity contribution is 0.233. The van der Waals surface area contributed by atoms with Crippen LogP contribution in [0.5, 0.6) is 0 Å². The van der Waals surface area contributed by atoms with Crippen LogP contribution in [0.3, 0.4) is 0 Å². The molecule has 120 valence electrons. The Balaban J connectivity index is 2.90. The summed E-state index contributed by atoms with van der Waals surface area (Å²) in [5.74, 6) is 0. The van der Waals surface area contributed by atoms with E-state index in [0.717, 1.165) is 25.4 Å². The van der Waals surface area contributed by atoms with Gasteiger partial charge < -0.3 is 22.2 Å². The molecule has 1 fully saturated rings. The van der Waals surface area contributed by atoms with Gasteiger partial charge in [0.05, 0.1) is 0 Å². The Morgan fingerprint density at radius 2 is 1.05 bits per heavy atom. The first-order chi connectivity index (χ1) is 8.89. The first-order valence-electron chi connectivity index (χ1n) is 7.39. The van der Waals surface area contributed by atoms with Crippen LogP contribution in [0.1, 0.15) is 12.8 Å². The summed E-state index contributed by atoms with van der Waals surface area (Å²) >= 11 is 0. The van der Waals surface area contributed by atoms with Gasteiger partial charge in [0.25, 0.3) is 0 Å². The average Bonchev–Trinajstić information content (AvgIpc) is 2.08. The molecule has 5 nitrogen and oxygen atoms in total. The molecule has 20 heavy (non-hydrogen) atoms. The van der Waals surface area contributed by atoms with E-state index in [1.807, 2.05) is 0 Å². The van der Waals surface area contributed by atoms with Gasteiger partial charge in [0.2, 0.25) is 0 Å². The summed E-state index contributed by atoms with van der Waals surface area (Å²) < 4.78 is 25.5.